The molecule has 0 amide bonds. The average Bonchev–Trinajstić information content (AvgIpc) is 3.46. The number of hydrogen-bond acceptors (Lipinski definition) is 12. The predicted octanol–water partition coefficient (Wildman–Crippen LogP) is 15.1. The molecule has 0 radical (unpaired) electrons. The smallest absolute Gasteiger partial charge is 0.343 e. The van der Waals surface area contributed by atoms with Gasteiger partial charge in [-0.1, -0.05) is 83.6 Å². The third-order valence-electron chi connectivity index (χ3n) is 13.4. The molecule has 5 rings (SSSR count). The van der Waals surface area contributed by atoms with Crippen LogP contribution in [-0.4, -0.2) is 74.6 Å². The monoisotopic (exact) mass is 1060 g/mol. The van der Waals surface area contributed by atoms with Gasteiger partial charge in [-0.05, 0) is 192 Å². The second-order valence-corrected chi connectivity index (χ2v) is 19.4. The minimum atomic E-state index is -0.946. The quantitative estimate of drug-likeness (QED) is 0.0149. The van der Waals surface area contributed by atoms with E-state index in [1.807, 2.05) is 0 Å². The van der Waals surface area contributed by atoms with Crippen molar-refractivity contribution in [3.8, 4) is 23.0 Å². The van der Waals surface area contributed by atoms with E-state index < -0.39 is 17.9 Å². The standard InChI is InChI=1S/C48H64O8.C16H20O5/c1-3-5-12-17-38-18-20-39(21-19-38)40-22-28-43(29-23-40)52-34-13-8-6-7-9-16-37-55-47(50)41-26-32-45(33-27-41)56-48(51)42-24-30-44(31-25-42)53-35-14-10-11-15-36-54-46(49)4-2;1-2-15(17)21-12-6-4-3-5-11-20-14-9-7-13(8-10-14)16(18)19/h4,22-33,38-39H,2-3,5-21,34-37H2,1H3;2,7-10H,1,3-6,11-12H2,(H,18,19)/t38-,39-;. The van der Waals surface area contributed by atoms with Gasteiger partial charge in [0.25, 0.3) is 0 Å². The molecule has 418 valence electrons. The van der Waals surface area contributed by atoms with Gasteiger partial charge in [-0.25, -0.2) is 24.0 Å². The average molecular weight is 1060 g/mol. The van der Waals surface area contributed by atoms with Crippen molar-refractivity contribution in [1.29, 1.82) is 0 Å². The van der Waals surface area contributed by atoms with E-state index in [4.69, 9.17) is 38.3 Å². The second-order valence-electron chi connectivity index (χ2n) is 19.4. The molecule has 1 aliphatic carbocycles. The summed E-state index contributed by atoms with van der Waals surface area (Å²) in [6.07, 6.45) is 26.7. The fourth-order valence-electron chi connectivity index (χ4n) is 8.82. The zero-order chi connectivity index (χ0) is 55.1. The maximum absolute atomic E-state index is 12.6. The second kappa shape index (κ2) is 38.6. The molecular formula is C64H84O13. The minimum absolute atomic E-state index is 0.247. The Bertz CT molecular complexity index is 2300. The molecule has 0 atom stereocenters. The highest BCUT2D eigenvalue weighted by atomic mass is 16.5. The van der Waals surface area contributed by atoms with Crippen molar-refractivity contribution in [2.24, 2.45) is 5.92 Å². The first kappa shape index (κ1) is 62.6. The number of unbranched alkanes of at least 4 members (excludes halogenated alkanes) is 13. The van der Waals surface area contributed by atoms with Crippen LogP contribution in [0.4, 0.5) is 0 Å². The van der Waals surface area contributed by atoms with Gasteiger partial charge in [-0.2, -0.15) is 0 Å². The SMILES string of the molecule is C=CC(=O)OCCCCCCOc1ccc(C(=O)O)cc1.C=CC(=O)OCCCCCCOc1ccc(C(=O)Oc2ccc(C(=O)OCCCCCCCCOc3ccc([C@H]4CC[C@H](CCCCC)CC4)cc3)cc2)cc1. The number of esters is 4. The fourth-order valence-corrected chi connectivity index (χ4v) is 8.82. The first-order valence-electron chi connectivity index (χ1n) is 28.1. The molecule has 13 heteroatoms. The summed E-state index contributed by atoms with van der Waals surface area (Å²) < 4.78 is 38.1. The summed E-state index contributed by atoms with van der Waals surface area (Å²) in [5.74, 6) is 1.69. The number of carbonyl (C=O) groups excluding carboxylic acids is 4. The third-order valence-corrected chi connectivity index (χ3v) is 13.4. The summed E-state index contributed by atoms with van der Waals surface area (Å²) in [5, 5.41) is 8.77. The van der Waals surface area contributed by atoms with Crippen molar-refractivity contribution >= 4 is 29.8 Å². The van der Waals surface area contributed by atoms with Crippen molar-refractivity contribution < 1.29 is 62.2 Å². The summed E-state index contributed by atoms with van der Waals surface area (Å²) >= 11 is 0. The Morgan fingerprint density at radius 1 is 0.442 bits per heavy atom. The normalized spacial score (nSPS) is 13.7. The van der Waals surface area contributed by atoms with E-state index in [9.17, 15) is 24.0 Å². The Balaban J connectivity index is 0.000000510. The van der Waals surface area contributed by atoms with Crippen molar-refractivity contribution in [3.63, 3.8) is 0 Å². The molecule has 1 N–H and O–H groups in total. The molecular weight excluding hydrogens is 977 g/mol. The molecule has 4 aromatic rings. The van der Waals surface area contributed by atoms with Crippen LogP contribution in [0.5, 0.6) is 23.0 Å². The van der Waals surface area contributed by atoms with Crippen molar-refractivity contribution in [1.82, 2.24) is 0 Å². The van der Waals surface area contributed by atoms with Gasteiger partial charge in [0, 0.05) is 12.2 Å². The summed E-state index contributed by atoms with van der Waals surface area (Å²) in [7, 11) is 0. The Hall–Kier alpha value is -6.89. The van der Waals surface area contributed by atoms with Gasteiger partial charge in [-0.15, -0.1) is 0 Å². The number of carboxylic acid groups (broad SMARTS) is 1. The van der Waals surface area contributed by atoms with Crippen LogP contribution < -0.4 is 18.9 Å². The van der Waals surface area contributed by atoms with Crippen LogP contribution in [-0.2, 0) is 23.8 Å². The van der Waals surface area contributed by atoms with Crippen LogP contribution in [0.3, 0.4) is 0 Å². The number of carboxylic acids is 1. The number of aromatic carboxylic acids is 1. The van der Waals surface area contributed by atoms with Crippen LogP contribution in [0.15, 0.2) is 122 Å². The van der Waals surface area contributed by atoms with E-state index in [0.717, 1.165) is 120 Å². The molecule has 0 bridgehead atoms. The highest BCUT2D eigenvalue weighted by Gasteiger charge is 2.22. The highest BCUT2D eigenvalue weighted by molar-refractivity contribution is 5.92. The Morgan fingerprint density at radius 2 is 0.818 bits per heavy atom. The Morgan fingerprint density at radius 3 is 1.25 bits per heavy atom. The van der Waals surface area contributed by atoms with Crippen LogP contribution in [0.25, 0.3) is 0 Å². The maximum atomic E-state index is 12.6. The first-order valence-corrected chi connectivity index (χ1v) is 28.1. The number of benzene rings is 4. The molecule has 0 heterocycles. The summed E-state index contributed by atoms with van der Waals surface area (Å²) in [4.78, 5) is 57.6. The number of rotatable bonds is 37. The van der Waals surface area contributed by atoms with E-state index in [-0.39, 0.29) is 17.5 Å². The van der Waals surface area contributed by atoms with Gasteiger partial charge in [0.2, 0.25) is 0 Å². The van der Waals surface area contributed by atoms with Gasteiger partial charge < -0.3 is 38.3 Å². The zero-order valence-electron chi connectivity index (χ0n) is 45.6. The molecule has 77 heavy (non-hydrogen) atoms. The first-order chi connectivity index (χ1) is 37.6. The van der Waals surface area contributed by atoms with E-state index in [2.05, 4.69) is 44.3 Å². The van der Waals surface area contributed by atoms with Crippen molar-refractivity contribution in [2.75, 3.05) is 39.6 Å². The predicted molar refractivity (Wildman–Crippen MR) is 300 cm³/mol. The summed E-state index contributed by atoms with van der Waals surface area (Å²) in [5.41, 5.74) is 2.53. The molecule has 0 aliphatic heterocycles. The van der Waals surface area contributed by atoms with E-state index >= 15 is 0 Å². The summed E-state index contributed by atoms with van der Waals surface area (Å²) in [6.45, 7) is 12.0. The Kier molecular flexibility index (Phi) is 31.4. The lowest BCUT2D eigenvalue weighted by molar-refractivity contribution is -0.138. The summed E-state index contributed by atoms with van der Waals surface area (Å²) in [6, 6.07) is 28.4. The highest BCUT2D eigenvalue weighted by Crippen LogP contribution is 2.38. The molecule has 1 aliphatic rings. The van der Waals surface area contributed by atoms with E-state index in [0.29, 0.717) is 67.3 Å². The third kappa shape index (κ3) is 27.1. The van der Waals surface area contributed by atoms with Gasteiger partial charge in [0.15, 0.2) is 0 Å². The van der Waals surface area contributed by atoms with Gasteiger partial charge >= 0.3 is 29.8 Å². The van der Waals surface area contributed by atoms with Crippen LogP contribution in [0.1, 0.15) is 191 Å². The van der Waals surface area contributed by atoms with Crippen molar-refractivity contribution in [3.05, 3.63) is 145 Å². The van der Waals surface area contributed by atoms with Crippen LogP contribution in [0, 0.1) is 5.92 Å². The van der Waals surface area contributed by atoms with E-state index in [1.165, 1.54) is 69.1 Å². The molecule has 0 spiro atoms. The molecule has 13 nitrogen and oxygen atoms in total. The molecule has 1 fully saturated rings. The molecule has 0 unspecified atom stereocenters. The topological polar surface area (TPSA) is 170 Å². The molecule has 4 aromatic carbocycles. The van der Waals surface area contributed by atoms with Crippen molar-refractivity contribution in [2.45, 2.75) is 154 Å². The zero-order valence-corrected chi connectivity index (χ0v) is 45.6. The lowest BCUT2D eigenvalue weighted by Gasteiger charge is -2.29. The lowest BCUT2D eigenvalue weighted by atomic mass is 9.77. The van der Waals surface area contributed by atoms with Crippen LogP contribution >= 0.6 is 0 Å². The molecule has 0 saturated heterocycles. The fraction of sp³-hybridized carbons (Fsp3) is 0.484. The minimum Gasteiger partial charge on any atom is -0.494 e. The van der Waals surface area contributed by atoms with E-state index in [1.54, 1.807) is 60.7 Å². The van der Waals surface area contributed by atoms with Gasteiger partial charge in [0.1, 0.15) is 23.0 Å². The molecule has 0 aromatic heterocycles. The van der Waals surface area contributed by atoms with Crippen LogP contribution in [0.2, 0.25) is 0 Å². The molecule has 1 saturated carbocycles. The maximum Gasteiger partial charge on any atom is 0.343 e. The largest absolute Gasteiger partial charge is 0.494 e. The lowest BCUT2D eigenvalue weighted by Crippen LogP contribution is -2.13. The van der Waals surface area contributed by atoms with Gasteiger partial charge in [-0.3, -0.25) is 0 Å². The number of hydrogen-bond donors (Lipinski definition) is 1. The number of ether oxygens (including phenoxy) is 7. The number of carbonyl (C=O) groups is 5. The van der Waals surface area contributed by atoms with Gasteiger partial charge in [0.05, 0.1) is 56.3 Å². The Labute approximate surface area is 457 Å².